The van der Waals surface area contributed by atoms with Gasteiger partial charge in [0.15, 0.2) is 5.65 Å². The minimum absolute atomic E-state index is 0.0161. The summed E-state index contributed by atoms with van der Waals surface area (Å²) in [5.41, 5.74) is 7.61. The molecule has 0 bridgehead atoms. The van der Waals surface area contributed by atoms with Crippen molar-refractivity contribution in [2.75, 3.05) is 0 Å². The SMILES string of the molecule is NC(=O)c1c(-c2ccc(-n3cccn3)c(C(F)F)c2)nn(-c2cccn3c(=O)ccnc23)c1C1CC1. The van der Waals surface area contributed by atoms with E-state index in [0.717, 1.165) is 12.8 Å². The van der Waals surface area contributed by atoms with Crippen LogP contribution in [0.25, 0.3) is 28.3 Å². The fourth-order valence-corrected chi connectivity index (χ4v) is 4.50. The lowest BCUT2D eigenvalue weighted by Gasteiger charge is -2.11. The van der Waals surface area contributed by atoms with Crippen molar-refractivity contribution in [3.63, 3.8) is 0 Å². The van der Waals surface area contributed by atoms with E-state index < -0.39 is 12.3 Å². The van der Waals surface area contributed by atoms with Crippen molar-refractivity contribution in [1.29, 1.82) is 0 Å². The van der Waals surface area contributed by atoms with Crippen molar-refractivity contribution in [1.82, 2.24) is 28.9 Å². The Morgan fingerprint density at radius 3 is 2.58 bits per heavy atom. The molecule has 0 saturated heterocycles. The largest absolute Gasteiger partial charge is 0.365 e. The zero-order valence-corrected chi connectivity index (χ0v) is 18.8. The van der Waals surface area contributed by atoms with Gasteiger partial charge in [-0.2, -0.15) is 10.2 Å². The lowest BCUT2D eigenvalue weighted by atomic mass is 10.0. The van der Waals surface area contributed by atoms with Crippen molar-refractivity contribution in [3.05, 3.63) is 94.4 Å². The molecule has 11 heteroatoms. The van der Waals surface area contributed by atoms with Crippen LogP contribution in [0, 0.1) is 0 Å². The van der Waals surface area contributed by atoms with Gasteiger partial charge in [0.2, 0.25) is 0 Å². The summed E-state index contributed by atoms with van der Waals surface area (Å²) in [6.45, 7) is 0. The summed E-state index contributed by atoms with van der Waals surface area (Å²) in [7, 11) is 0. The number of benzene rings is 1. The van der Waals surface area contributed by atoms with Crippen molar-refractivity contribution >= 4 is 11.6 Å². The number of alkyl halides is 2. The zero-order chi connectivity index (χ0) is 25.0. The summed E-state index contributed by atoms with van der Waals surface area (Å²) in [4.78, 5) is 29.4. The van der Waals surface area contributed by atoms with Gasteiger partial charge in [-0.3, -0.25) is 14.0 Å². The van der Waals surface area contributed by atoms with E-state index in [1.165, 1.54) is 39.7 Å². The second-order valence-electron chi connectivity index (χ2n) is 8.55. The number of amides is 1. The number of nitrogens with two attached hydrogens (primary N) is 1. The Morgan fingerprint density at radius 1 is 1.06 bits per heavy atom. The van der Waals surface area contributed by atoms with Crippen LogP contribution in [0.2, 0.25) is 0 Å². The predicted octanol–water partition coefficient (Wildman–Crippen LogP) is 3.65. The lowest BCUT2D eigenvalue weighted by molar-refractivity contribution is 0.1000. The summed E-state index contributed by atoms with van der Waals surface area (Å²) in [5.74, 6) is -0.694. The van der Waals surface area contributed by atoms with Gasteiger partial charge in [0.05, 0.1) is 16.9 Å². The van der Waals surface area contributed by atoms with Crippen LogP contribution in [-0.4, -0.2) is 34.9 Å². The molecule has 180 valence electrons. The first-order valence-electron chi connectivity index (χ1n) is 11.3. The fourth-order valence-electron chi connectivity index (χ4n) is 4.50. The smallest absolute Gasteiger partial charge is 0.265 e. The minimum Gasteiger partial charge on any atom is -0.365 e. The Balaban J connectivity index is 1.61. The first kappa shape index (κ1) is 21.8. The van der Waals surface area contributed by atoms with Crippen LogP contribution in [-0.2, 0) is 0 Å². The van der Waals surface area contributed by atoms with E-state index in [1.807, 2.05) is 0 Å². The van der Waals surface area contributed by atoms with E-state index in [9.17, 15) is 18.4 Å². The molecule has 1 saturated carbocycles. The number of rotatable bonds is 6. The molecular weight excluding hydrogens is 468 g/mol. The second-order valence-corrected chi connectivity index (χ2v) is 8.55. The molecule has 6 rings (SSSR count). The normalized spacial score (nSPS) is 13.5. The van der Waals surface area contributed by atoms with E-state index in [-0.39, 0.29) is 34.0 Å². The van der Waals surface area contributed by atoms with Crippen molar-refractivity contribution in [3.8, 4) is 22.6 Å². The predicted molar refractivity (Wildman–Crippen MR) is 127 cm³/mol. The van der Waals surface area contributed by atoms with Crippen LogP contribution in [0.1, 0.15) is 46.8 Å². The van der Waals surface area contributed by atoms with Crippen molar-refractivity contribution < 1.29 is 13.6 Å². The molecule has 4 aromatic heterocycles. The molecule has 0 unspecified atom stereocenters. The third-order valence-corrected chi connectivity index (χ3v) is 6.24. The molecule has 36 heavy (non-hydrogen) atoms. The Labute approximate surface area is 202 Å². The van der Waals surface area contributed by atoms with Crippen molar-refractivity contribution in [2.45, 2.75) is 25.2 Å². The van der Waals surface area contributed by atoms with E-state index in [0.29, 0.717) is 22.6 Å². The number of halogens is 2. The highest BCUT2D eigenvalue weighted by atomic mass is 19.3. The second kappa shape index (κ2) is 8.22. The van der Waals surface area contributed by atoms with E-state index in [2.05, 4.69) is 10.1 Å². The van der Waals surface area contributed by atoms with Crippen LogP contribution in [0.3, 0.4) is 0 Å². The molecule has 5 aromatic rings. The summed E-state index contributed by atoms with van der Waals surface area (Å²) in [6.07, 6.45) is 4.93. The number of carbonyl (C=O) groups is 1. The summed E-state index contributed by atoms with van der Waals surface area (Å²) < 4.78 is 32.5. The third kappa shape index (κ3) is 3.47. The van der Waals surface area contributed by atoms with Crippen LogP contribution in [0.15, 0.2) is 72.0 Å². The number of hydrogen-bond donors (Lipinski definition) is 1. The summed E-state index contributed by atoms with van der Waals surface area (Å²) in [5, 5.41) is 8.76. The molecule has 0 radical (unpaired) electrons. The van der Waals surface area contributed by atoms with Gasteiger partial charge in [0.25, 0.3) is 17.9 Å². The van der Waals surface area contributed by atoms with Gasteiger partial charge in [0.1, 0.15) is 11.4 Å². The van der Waals surface area contributed by atoms with Crippen LogP contribution in [0.4, 0.5) is 8.78 Å². The van der Waals surface area contributed by atoms with Crippen LogP contribution in [0.5, 0.6) is 0 Å². The van der Waals surface area contributed by atoms with Gasteiger partial charge >= 0.3 is 0 Å². The molecule has 0 spiro atoms. The first-order valence-corrected chi connectivity index (χ1v) is 11.3. The highest BCUT2D eigenvalue weighted by Gasteiger charge is 2.36. The van der Waals surface area contributed by atoms with Gasteiger partial charge in [-0.05, 0) is 43.2 Å². The number of carbonyl (C=O) groups excluding carboxylic acids is 1. The maximum Gasteiger partial charge on any atom is 0.265 e. The Hall–Kier alpha value is -4.67. The molecule has 2 N–H and O–H groups in total. The molecule has 0 aliphatic heterocycles. The van der Waals surface area contributed by atoms with Gasteiger partial charge in [0, 0.05) is 47.9 Å². The zero-order valence-electron chi connectivity index (χ0n) is 18.8. The van der Waals surface area contributed by atoms with E-state index >= 15 is 0 Å². The highest BCUT2D eigenvalue weighted by molar-refractivity contribution is 6.01. The molecule has 1 aliphatic rings. The molecule has 1 fully saturated rings. The highest BCUT2D eigenvalue weighted by Crippen LogP contribution is 2.45. The van der Waals surface area contributed by atoms with Crippen LogP contribution < -0.4 is 11.3 Å². The Kier molecular flexibility index (Phi) is 4.99. The Bertz CT molecular complexity index is 1680. The van der Waals surface area contributed by atoms with Gasteiger partial charge in [-0.25, -0.2) is 23.1 Å². The average molecular weight is 487 g/mol. The van der Waals surface area contributed by atoms with Gasteiger partial charge < -0.3 is 5.73 Å². The maximum absolute atomic E-state index is 14.1. The molecule has 1 aromatic carbocycles. The number of aromatic nitrogens is 6. The van der Waals surface area contributed by atoms with E-state index in [1.54, 1.807) is 41.3 Å². The first-order chi connectivity index (χ1) is 17.4. The maximum atomic E-state index is 14.1. The lowest BCUT2D eigenvalue weighted by Crippen LogP contribution is -2.17. The number of pyridine rings is 1. The monoisotopic (exact) mass is 487 g/mol. The average Bonchev–Trinajstić information content (AvgIpc) is 3.40. The molecule has 4 heterocycles. The molecular formula is C25H19F2N7O2. The minimum atomic E-state index is -2.79. The quantitative estimate of drug-likeness (QED) is 0.393. The molecule has 0 atom stereocenters. The van der Waals surface area contributed by atoms with Crippen molar-refractivity contribution in [2.24, 2.45) is 5.73 Å². The van der Waals surface area contributed by atoms with Gasteiger partial charge in [-0.1, -0.05) is 6.07 Å². The van der Waals surface area contributed by atoms with E-state index in [4.69, 9.17) is 10.8 Å². The summed E-state index contributed by atoms with van der Waals surface area (Å²) >= 11 is 0. The third-order valence-electron chi connectivity index (χ3n) is 6.24. The number of fused-ring (bicyclic) bond motifs is 1. The number of hydrogen-bond acceptors (Lipinski definition) is 5. The van der Waals surface area contributed by atoms with Gasteiger partial charge in [-0.15, -0.1) is 0 Å². The summed E-state index contributed by atoms with van der Waals surface area (Å²) in [6, 6.07) is 10.8. The molecule has 9 nitrogen and oxygen atoms in total. The number of nitrogens with zero attached hydrogens (tertiary/aromatic N) is 6. The van der Waals surface area contributed by atoms with Crippen LogP contribution >= 0.6 is 0 Å². The topological polar surface area (TPSA) is 113 Å². The molecule has 1 amide bonds. The fraction of sp³-hybridized carbons (Fsp3) is 0.160. The number of primary amides is 1. The molecule has 1 aliphatic carbocycles. The standard InChI is InChI=1S/C25H19F2N7O2/c26-23(27)16-13-15(6-7-17(16)33-12-2-9-30-33)21-20(24(28)36)22(14-4-5-14)34(31-21)18-3-1-11-32-19(35)8-10-29-25(18)32/h1-3,6-14,23H,4-5H2,(H2,28,36). The Morgan fingerprint density at radius 2 is 1.89 bits per heavy atom.